The first-order valence-electron chi connectivity index (χ1n) is 13.4. The average Bonchev–Trinajstić information content (AvgIpc) is 3.36. The number of likely N-dealkylation sites (tertiary alicyclic amines) is 1. The van der Waals surface area contributed by atoms with Crippen molar-refractivity contribution in [3.63, 3.8) is 0 Å². The van der Waals surface area contributed by atoms with E-state index in [2.05, 4.69) is 15.6 Å². The van der Waals surface area contributed by atoms with Gasteiger partial charge in [0.05, 0.1) is 23.0 Å². The van der Waals surface area contributed by atoms with E-state index in [-0.39, 0.29) is 18.3 Å². The Bertz CT molecular complexity index is 1410. The molecule has 11 heteroatoms. The van der Waals surface area contributed by atoms with Crippen LogP contribution in [0.15, 0.2) is 36.4 Å². The Kier molecular flexibility index (Phi) is 8.53. The number of nitrogen functional groups attached to an aromatic ring is 1. The molecule has 0 saturated carbocycles. The number of aryl methyl sites for hydroxylation is 1. The third-order valence-electron chi connectivity index (χ3n) is 7.64. The molecule has 3 aromatic rings. The zero-order chi connectivity index (χ0) is 29.0. The molecule has 1 amide bonds. The maximum absolute atomic E-state index is 14.0. The number of nitrogens with two attached hydrogens (primary N) is 1. The van der Waals surface area contributed by atoms with Gasteiger partial charge in [-0.15, -0.1) is 0 Å². The summed E-state index contributed by atoms with van der Waals surface area (Å²) in [6, 6.07) is 9.62. The number of aromatic nitrogens is 2. The largest absolute Gasteiger partial charge is 0.480 e. The number of imidazole rings is 1. The van der Waals surface area contributed by atoms with Gasteiger partial charge in [0.25, 0.3) is 0 Å². The fourth-order valence-electron chi connectivity index (χ4n) is 5.34. The second kappa shape index (κ2) is 11.9. The highest BCUT2D eigenvalue weighted by Gasteiger charge is 2.41. The highest BCUT2D eigenvalue weighted by atomic mass is 16.4. The topological polar surface area (TPSA) is 177 Å². The number of hydrogen-bond acceptors (Lipinski definition) is 7. The quantitative estimate of drug-likeness (QED) is 0.121. The van der Waals surface area contributed by atoms with Crippen molar-refractivity contribution in [2.75, 3.05) is 25.0 Å². The van der Waals surface area contributed by atoms with Gasteiger partial charge in [0, 0.05) is 30.9 Å². The Balaban J connectivity index is 1.64. The van der Waals surface area contributed by atoms with Gasteiger partial charge < -0.3 is 26.0 Å². The molecular weight excluding hydrogens is 510 g/mol. The normalized spacial score (nSPS) is 15.8. The number of piperidine rings is 1. The number of Topliss-reactive ketones (excluding diaryl/α,β-unsaturated/α-hetero) is 1. The molecule has 4 rings (SSSR count). The summed E-state index contributed by atoms with van der Waals surface area (Å²) < 4.78 is 0. The molecule has 1 saturated heterocycles. The number of aliphatic carboxylic acids is 1. The van der Waals surface area contributed by atoms with Crippen LogP contribution >= 0.6 is 0 Å². The third kappa shape index (κ3) is 5.99. The van der Waals surface area contributed by atoms with Crippen molar-refractivity contribution < 1.29 is 19.5 Å². The lowest BCUT2D eigenvalue weighted by Gasteiger charge is -2.38. The minimum absolute atomic E-state index is 0.0101. The van der Waals surface area contributed by atoms with Crippen LogP contribution in [0, 0.1) is 12.3 Å². The van der Waals surface area contributed by atoms with Crippen LogP contribution in [-0.2, 0) is 26.3 Å². The van der Waals surface area contributed by atoms with Crippen molar-refractivity contribution in [2.45, 2.75) is 58.0 Å². The molecule has 40 heavy (non-hydrogen) atoms. The lowest BCUT2D eigenvalue weighted by Crippen LogP contribution is -2.55. The lowest BCUT2D eigenvalue weighted by molar-refractivity contribution is -0.144. The van der Waals surface area contributed by atoms with Crippen molar-refractivity contribution in [3.05, 3.63) is 58.9 Å². The van der Waals surface area contributed by atoms with E-state index in [1.54, 1.807) is 12.1 Å². The Morgan fingerprint density at radius 2 is 1.82 bits per heavy atom. The minimum Gasteiger partial charge on any atom is -0.480 e. The highest BCUT2D eigenvalue weighted by molar-refractivity contribution is 6.01. The molecule has 7 N–H and O–H groups in total. The Morgan fingerprint density at radius 1 is 1.15 bits per heavy atom. The number of carboxylic acid groups (broad SMARTS) is 1. The summed E-state index contributed by atoms with van der Waals surface area (Å²) in [7, 11) is 0. The van der Waals surface area contributed by atoms with E-state index in [0.29, 0.717) is 31.0 Å². The minimum atomic E-state index is -1.40. The SMILES string of the molecule is CC(=O)C(NCC(C)(C(=O)N1CCCCC1)c1ccc2[nH]c(CNc3ccc(C(=N)N)cc3)nc2c1C)C(=O)O. The molecule has 0 radical (unpaired) electrons. The summed E-state index contributed by atoms with van der Waals surface area (Å²) in [5.74, 6) is -1.17. The van der Waals surface area contributed by atoms with E-state index in [4.69, 9.17) is 16.1 Å². The van der Waals surface area contributed by atoms with Gasteiger partial charge in [-0.25, -0.2) is 4.98 Å². The van der Waals surface area contributed by atoms with Crippen LogP contribution in [0.4, 0.5) is 5.69 Å². The van der Waals surface area contributed by atoms with Crippen molar-refractivity contribution >= 4 is 40.2 Å². The molecule has 2 atom stereocenters. The van der Waals surface area contributed by atoms with E-state index in [1.165, 1.54) is 6.92 Å². The molecule has 212 valence electrons. The van der Waals surface area contributed by atoms with Crippen LogP contribution in [0.1, 0.15) is 55.6 Å². The van der Waals surface area contributed by atoms with Gasteiger partial charge in [0.1, 0.15) is 11.7 Å². The van der Waals surface area contributed by atoms with Gasteiger partial charge in [0.15, 0.2) is 11.8 Å². The number of anilines is 1. The van der Waals surface area contributed by atoms with Gasteiger partial charge in [-0.05, 0) is 81.5 Å². The van der Waals surface area contributed by atoms with Crippen LogP contribution < -0.4 is 16.4 Å². The number of carboxylic acids is 1. The van der Waals surface area contributed by atoms with Gasteiger partial charge in [-0.2, -0.15) is 0 Å². The van der Waals surface area contributed by atoms with Crippen molar-refractivity contribution in [2.24, 2.45) is 5.73 Å². The van der Waals surface area contributed by atoms with Crippen LogP contribution in [0.3, 0.4) is 0 Å². The summed E-state index contributed by atoms with van der Waals surface area (Å²) in [4.78, 5) is 47.7. The molecule has 0 bridgehead atoms. The van der Waals surface area contributed by atoms with Crippen LogP contribution in [0.2, 0.25) is 0 Å². The van der Waals surface area contributed by atoms with E-state index >= 15 is 0 Å². The van der Waals surface area contributed by atoms with Gasteiger partial charge in [-0.3, -0.25) is 25.1 Å². The maximum atomic E-state index is 14.0. The summed E-state index contributed by atoms with van der Waals surface area (Å²) >= 11 is 0. The van der Waals surface area contributed by atoms with Gasteiger partial charge >= 0.3 is 5.97 Å². The summed E-state index contributed by atoms with van der Waals surface area (Å²) in [6.45, 7) is 6.66. The second-order valence-corrected chi connectivity index (χ2v) is 10.6. The van der Waals surface area contributed by atoms with E-state index < -0.39 is 23.2 Å². The predicted octanol–water partition coefficient (Wildman–Crippen LogP) is 2.67. The standard InChI is InChI=1S/C29H37N7O4/c1-17-21(29(3,16-33-25(18(2)37)27(38)39)28(40)36-13-5-4-6-14-36)11-12-22-24(17)35-23(34-22)15-32-20-9-7-19(8-10-20)26(30)31/h7-12,25,32-33H,4-6,13-16H2,1-3H3,(H3,30,31)(H,34,35)(H,38,39). The van der Waals surface area contributed by atoms with Crippen LogP contribution in [0.5, 0.6) is 0 Å². The van der Waals surface area contributed by atoms with Crippen molar-refractivity contribution in [1.29, 1.82) is 5.41 Å². The Labute approximate surface area is 233 Å². The molecule has 1 fully saturated rings. The molecule has 1 aromatic heterocycles. The number of H-pyrrole nitrogens is 1. The first-order chi connectivity index (χ1) is 19.0. The van der Waals surface area contributed by atoms with Gasteiger partial charge in [-0.1, -0.05) is 6.07 Å². The fraction of sp³-hybridized carbons (Fsp3) is 0.414. The smallest absolute Gasteiger partial charge is 0.328 e. The Hall–Kier alpha value is -4.25. The van der Waals surface area contributed by atoms with Crippen LogP contribution in [0.25, 0.3) is 11.0 Å². The number of carbonyl (C=O) groups is 3. The average molecular weight is 548 g/mol. The molecule has 11 nitrogen and oxygen atoms in total. The van der Waals surface area contributed by atoms with Crippen LogP contribution in [-0.4, -0.2) is 69.1 Å². The first-order valence-corrected chi connectivity index (χ1v) is 13.4. The molecule has 2 heterocycles. The van der Waals surface area contributed by atoms with Crippen molar-refractivity contribution in [3.8, 4) is 0 Å². The highest BCUT2D eigenvalue weighted by Crippen LogP contribution is 2.33. The van der Waals surface area contributed by atoms with E-state index in [1.807, 2.05) is 43.0 Å². The number of rotatable bonds is 11. The summed E-state index contributed by atoms with van der Waals surface area (Å²) in [5.41, 5.74) is 9.00. The lowest BCUT2D eigenvalue weighted by atomic mass is 9.77. The number of carbonyl (C=O) groups excluding carboxylic acids is 2. The number of nitrogens with zero attached hydrogens (tertiary/aromatic N) is 2. The molecule has 1 aliphatic heterocycles. The number of nitrogens with one attached hydrogen (secondary N) is 4. The third-order valence-corrected chi connectivity index (χ3v) is 7.64. The molecule has 2 unspecified atom stereocenters. The number of fused-ring (bicyclic) bond motifs is 1. The second-order valence-electron chi connectivity index (χ2n) is 10.6. The zero-order valence-corrected chi connectivity index (χ0v) is 23.1. The molecular formula is C29H37N7O4. The Morgan fingerprint density at radius 3 is 2.42 bits per heavy atom. The number of hydrogen-bond donors (Lipinski definition) is 6. The number of ketones is 1. The maximum Gasteiger partial charge on any atom is 0.328 e. The summed E-state index contributed by atoms with van der Waals surface area (Å²) in [6.07, 6.45) is 2.91. The molecule has 0 spiro atoms. The first kappa shape index (κ1) is 28.8. The zero-order valence-electron chi connectivity index (χ0n) is 23.1. The molecule has 1 aliphatic rings. The number of benzene rings is 2. The predicted molar refractivity (Wildman–Crippen MR) is 154 cm³/mol. The molecule has 2 aromatic carbocycles. The number of amides is 1. The fourth-order valence-corrected chi connectivity index (χ4v) is 5.34. The summed E-state index contributed by atoms with van der Waals surface area (Å²) in [5, 5.41) is 23.2. The van der Waals surface area contributed by atoms with E-state index in [0.717, 1.165) is 47.1 Å². The number of amidine groups is 1. The van der Waals surface area contributed by atoms with E-state index in [9.17, 15) is 19.5 Å². The van der Waals surface area contributed by atoms with Crippen molar-refractivity contribution in [1.82, 2.24) is 20.2 Å². The number of aromatic amines is 1. The molecule has 0 aliphatic carbocycles. The van der Waals surface area contributed by atoms with Gasteiger partial charge in [0.2, 0.25) is 5.91 Å². The monoisotopic (exact) mass is 547 g/mol.